The van der Waals surface area contributed by atoms with Gasteiger partial charge in [-0.1, -0.05) is 0 Å². The topological polar surface area (TPSA) is 27.1 Å². The van der Waals surface area contributed by atoms with Gasteiger partial charge in [0.15, 0.2) is 0 Å². The molecule has 0 N–H and O–H groups in total. The molecule has 0 atom stereocenters. The van der Waals surface area contributed by atoms with Crippen molar-refractivity contribution in [3.63, 3.8) is 0 Å². The highest BCUT2D eigenvalue weighted by atomic mass is 16.5. The van der Waals surface area contributed by atoms with Gasteiger partial charge in [0.05, 0.1) is 18.8 Å². The normalized spacial score (nSPS) is 15.5. The van der Waals surface area contributed by atoms with E-state index in [1.807, 2.05) is 0 Å². The van der Waals surface area contributed by atoms with Crippen LogP contribution in [0.5, 0.6) is 5.88 Å². The fourth-order valence-corrected chi connectivity index (χ4v) is 0.785. The predicted octanol–water partition coefficient (Wildman–Crippen LogP) is 0.0757. The number of nitrogens with zero attached hydrogens (tertiary/aromatic N) is 2. The molecule has 0 amide bonds. The molecule has 1 aromatic heterocycles. The van der Waals surface area contributed by atoms with Crippen LogP contribution in [-0.2, 0) is 6.54 Å². The standard InChI is InChI=1S/C5H5N2O/c1-2-6-7-3-4-8-5(1)7/h2H,3-4H2. The number of rotatable bonds is 0. The summed E-state index contributed by atoms with van der Waals surface area (Å²) in [5.74, 6) is 0.769. The quantitative estimate of drug-likeness (QED) is 0.471. The number of ether oxygens (including phenoxy) is 1. The Morgan fingerprint density at radius 2 is 2.88 bits per heavy atom. The van der Waals surface area contributed by atoms with Gasteiger partial charge in [-0.15, -0.1) is 0 Å². The highest BCUT2D eigenvalue weighted by Crippen LogP contribution is 2.12. The van der Waals surface area contributed by atoms with E-state index in [1.165, 1.54) is 0 Å². The number of hydrogen-bond donors (Lipinski definition) is 0. The van der Waals surface area contributed by atoms with E-state index in [4.69, 9.17) is 4.74 Å². The largest absolute Gasteiger partial charge is 0.475 e. The molecule has 0 unspecified atom stereocenters. The Balaban J connectivity index is 2.54. The molecule has 0 fully saturated rings. The Kier molecular flexibility index (Phi) is 0.614. The Bertz CT molecular complexity index is 176. The minimum atomic E-state index is 0.750. The van der Waals surface area contributed by atoms with Crippen molar-refractivity contribution in [3.8, 4) is 5.88 Å². The summed E-state index contributed by atoms with van der Waals surface area (Å²) >= 11 is 0. The third-order valence-corrected chi connectivity index (χ3v) is 1.16. The van der Waals surface area contributed by atoms with Crippen LogP contribution >= 0.6 is 0 Å². The third kappa shape index (κ3) is 0.358. The second kappa shape index (κ2) is 1.24. The van der Waals surface area contributed by atoms with E-state index in [9.17, 15) is 0 Å². The lowest BCUT2D eigenvalue weighted by molar-refractivity contribution is 0.356. The molecule has 2 rings (SSSR count). The van der Waals surface area contributed by atoms with Crippen LogP contribution in [0.3, 0.4) is 0 Å². The van der Waals surface area contributed by atoms with Crippen molar-refractivity contribution in [1.82, 2.24) is 9.78 Å². The first-order chi connectivity index (χ1) is 3.97. The van der Waals surface area contributed by atoms with Crippen LogP contribution in [0.25, 0.3) is 0 Å². The van der Waals surface area contributed by atoms with Crippen molar-refractivity contribution in [2.45, 2.75) is 6.54 Å². The van der Waals surface area contributed by atoms with Crippen LogP contribution in [0.4, 0.5) is 0 Å². The van der Waals surface area contributed by atoms with Crippen molar-refractivity contribution in [3.05, 3.63) is 12.3 Å². The molecular formula is C5H5N2O. The number of hydrogen-bond acceptors (Lipinski definition) is 2. The van der Waals surface area contributed by atoms with Gasteiger partial charge in [-0.3, -0.25) is 0 Å². The second-order valence-electron chi connectivity index (χ2n) is 1.67. The molecule has 0 spiro atoms. The maximum Gasteiger partial charge on any atom is 0.220 e. The number of aromatic nitrogens is 2. The summed E-state index contributed by atoms with van der Waals surface area (Å²) in [7, 11) is 0. The van der Waals surface area contributed by atoms with E-state index in [1.54, 1.807) is 10.9 Å². The van der Waals surface area contributed by atoms with Gasteiger partial charge in [-0.25, -0.2) is 4.68 Å². The van der Waals surface area contributed by atoms with Crippen LogP contribution in [0, 0.1) is 6.07 Å². The average Bonchev–Trinajstić information content (AvgIpc) is 2.15. The molecule has 0 saturated carbocycles. The molecule has 3 nitrogen and oxygen atoms in total. The lowest BCUT2D eigenvalue weighted by Crippen LogP contribution is -1.93. The van der Waals surface area contributed by atoms with Gasteiger partial charge in [0.1, 0.15) is 6.61 Å². The zero-order chi connectivity index (χ0) is 5.40. The van der Waals surface area contributed by atoms with Crippen molar-refractivity contribution in [2.75, 3.05) is 6.61 Å². The minimum Gasteiger partial charge on any atom is -0.475 e. The van der Waals surface area contributed by atoms with E-state index < -0.39 is 0 Å². The molecule has 3 heteroatoms. The van der Waals surface area contributed by atoms with Crippen molar-refractivity contribution in [1.29, 1.82) is 0 Å². The highest BCUT2D eigenvalue weighted by molar-refractivity contribution is 5.07. The maximum atomic E-state index is 5.08. The fraction of sp³-hybridized carbons (Fsp3) is 0.400. The fourth-order valence-electron chi connectivity index (χ4n) is 0.785. The molecule has 0 saturated heterocycles. The first kappa shape index (κ1) is 3.95. The van der Waals surface area contributed by atoms with Crippen molar-refractivity contribution >= 4 is 0 Å². The molecule has 0 aromatic carbocycles. The summed E-state index contributed by atoms with van der Waals surface area (Å²) in [6, 6.07) is 2.85. The molecule has 41 valence electrons. The maximum absolute atomic E-state index is 5.08. The van der Waals surface area contributed by atoms with E-state index in [-0.39, 0.29) is 0 Å². The number of fused-ring (bicyclic) bond motifs is 1. The summed E-state index contributed by atoms with van der Waals surface area (Å²) in [4.78, 5) is 0. The van der Waals surface area contributed by atoms with Gasteiger partial charge < -0.3 is 4.74 Å². The average molecular weight is 109 g/mol. The zero-order valence-corrected chi connectivity index (χ0v) is 4.29. The Morgan fingerprint density at radius 1 is 1.88 bits per heavy atom. The zero-order valence-electron chi connectivity index (χ0n) is 4.29. The Labute approximate surface area is 46.9 Å². The van der Waals surface area contributed by atoms with Gasteiger partial charge in [0.25, 0.3) is 0 Å². The summed E-state index contributed by atoms with van der Waals surface area (Å²) in [6.07, 6.45) is 1.62. The molecule has 1 aliphatic heterocycles. The molecular weight excluding hydrogens is 104 g/mol. The summed E-state index contributed by atoms with van der Waals surface area (Å²) in [6.45, 7) is 1.62. The Hall–Kier alpha value is -0.990. The molecule has 1 aliphatic rings. The van der Waals surface area contributed by atoms with E-state index in [0.29, 0.717) is 0 Å². The van der Waals surface area contributed by atoms with Crippen LogP contribution in [0.2, 0.25) is 0 Å². The van der Waals surface area contributed by atoms with Crippen LogP contribution < -0.4 is 4.74 Å². The van der Waals surface area contributed by atoms with Gasteiger partial charge in [-0.05, 0) is 0 Å². The first-order valence-electron chi connectivity index (χ1n) is 2.53. The minimum absolute atomic E-state index is 0.750. The van der Waals surface area contributed by atoms with Gasteiger partial charge in [-0.2, -0.15) is 5.10 Å². The van der Waals surface area contributed by atoms with Crippen molar-refractivity contribution < 1.29 is 4.74 Å². The van der Waals surface area contributed by atoms with Gasteiger partial charge in [0.2, 0.25) is 5.88 Å². The van der Waals surface area contributed by atoms with E-state index >= 15 is 0 Å². The Morgan fingerprint density at radius 3 is 3.75 bits per heavy atom. The molecule has 0 aliphatic carbocycles. The van der Waals surface area contributed by atoms with Crippen LogP contribution in [0.1, 0.15) is 0 Å². The van der Waals surface area contributed by atoms with Gasteiger partial charge >= 0.3 is 0 Å². The smallest absolute Gasteiger partial charge is 0.220 e. The van der Waals surface area contributed by atoms with Gasteiger partial charge in [0, 0.05) is 0 Å². The monoisotopic (exact) mass is 109 g/mol. The van der Waals surface area contributed by atoms with Crippen LogP contribution in [-0.4, -0.2) is 16.4 Å². The molecule has 1 aromatic rings. The lowest BCUT2D eigenvalue weighted by atomic mass is 10.7. The van der Waals surface area contributed by atoms with Crippen molar-refractivity contribution in [2.24, 2.45) is 0 Å². The lowest BCUT2D eigenvalue weighted by Gasteiger charge is -1.85. The molecule has 2 heterocycles. The molecule has 8 heavy (non-hydrogen) atoms. The predicted molar refractivity (Wildman–Crippen MR) is 26.6 cm³/mol. The van der Waals surface area contributed by atoms with E-state index in [0.717, 1.165) is 19.0 Å². The summed E-state index contributed by atoms with van der Waals surface area (Å²) in [5, 5.41) is 3.93. The molecule has 0 bridgehead atoms. The first-order valence-corrected chi connectivity index (χ1v) is 2.53. The van der Waals surface area contributed by atoms with E-state index in [2.05, 4.69) is 11.2 Å². The van der Waals surface area contributed by atoms with Crippen LogP contribution in [0.15, 0.2) is 6.20 Å². The SMILES string of the molecule is [c]1cnn2c1OCC2. The summed E-state index contributed by atoms with van der Waals surface area (Å²) in [5.41, 5.74) is 0. The highest BCUT2D eigenvalue weighted by Gasteiger charge is 2.09. The molecule has 1 radical (unpaired) electrons. The third-order valence-electron chi connectivity index (χ3n) is 1.16. The summed E-state index contributed by atoms with van der Waals surface area (Å²) < 4.78 is 6.88. The second-order valence-corrected chi connectivity index (χ2v) is 1.67.